The highest BCUT2D eigenvalue weighted by atomic mass is 16.6. The standard InChI is InChI=1S/C67H96O6/c1-4-7-10-13-16-19-22-25-28-31-33-36-39-42-45-48-51-54-57-60-66(69)72-63-64(62-71-65(68)59-56-53-50-47-44-41-38-35-30-27-24-21-18-15-12-9-6-3)73-67(70)61-58-55-52-49-46-43-40-37-34-32-29-26-23-20-17-14-11-8-5-2/h7-12,16-21,25-30,33-34,36-38,41-43,45-47,50-52,54-55,64H,4-6,13-15,22-24,31-32,35,39-40,44,48-49,53,56-63H2,1-3H3/b10-7-,11-8-,12-9-,19-16-,20-17-,21-18-,28-25-,29-26-,30-27-,36-33-,37-34-,41-38-,45-42-,46-43-,50-47-,54-51-,55-52-/t64-/m0/s1. The molecule has 0 aromatic heterocycles. The number of hydrogen-bond acceptors (Lipinski definition) is 6. The molecular formula is C67H96O6. The average Bonchev–Trinajstić information content (AvgIpc) is 3.39. The van der Waals surface area contributed by atoms with Gasteiger partial charge in [0.15, 0.2) is 6.10 Å². The summed E-state index contributed by atoms with van der Waals surface area (Å²) in [5.41, 5.74) is 0. The van der Waals surface area contributed by atoms with Crippen LogP contribution in [-0.4, -0.2) is 37.2 Å². The molecule has 73 heavy (non-hydrogen) atoms. The molecule has 0 fully saturated rings. The van der Waals surface area contributed by atoms with E-state index in [1.807, 2.05) is 24.3 Å². The molecule has 6 nitrogen and oxygen atoms in total. The molecule has 0 aliphatic heterocycles. The van der Waals surface area contributed by atoms with Gasteiger partial charge >= 0.3 is 17.9 Å². The minimum Gasteiger partial charge on any atom is -0.462 e. The number of carbonyl (C=O) groups excluding carboxylic acids is 3. The molecule has 1 atom stereocenters. The first kappa shape index (κ1) is 67.0. The van der Waals surface area contributed by atoms with Gasteiger partial charge in [-0.25, -0.2) is 0 Å². The molecule has 0 aliphatic rings. The summed E-state index contributed by atoms with van der Waals surface area (Å²) in [4.78, 5) is 38.1. The van der Waals surface area contributed by atoms with Gasteiger partial charge < -0.3 is 14.2 Å². The maximum Gasteiger partial charge on any atom is 0.306 e. The number of esters is 3. The van der Waals surface area contributed by atoms with E-state index in [2.05, 4.69) is 203 Å². The normalized spacial score (nSPS) is 13.7. The van der Waals surface area contributed by atoms with Crippen LogP contribution >= 0.6 is 0 Å². The summed E-state index contributed by atoms with van der Waals surface area (Å²) >= 11 is 0. The Bertz CT molecular complexity index is 1860. The molecule has 0 N–H and O–H groups in total. The van der Waals surface area contributed by atoms with Gasteiger partial charge in [-0.1, -0.05) is 227 Å². The molecule has 0 amide bonds. The van der Waals surface area contributed by atoms with Gasteiger partial charge in [0.25, 0.3) is 0 Å². The molecule has 0 saturated carbocycles. The lowest BCUT2D eigenvalue weighted by Crippen LogP contribution is -2.30. The highest BCUT2D eigenvalue weighted by Crippen LogP contribution is 2.08. The second-order valence-electron chi connectivity index (χ2n) is 17.0. The quantitative estimate of drug-likeness (QED) is 0.0262. The van der Waals surface area contributed by atoms with Crippen molar-refractivity contribution in [1.82, 2.24) is 0 Å². The van der Waals surface area contributed by atoms with E-state index in [0.29, 0.717) is 19.3 Å². The minimum absolute atomic E-state index is 0.163. The van der Waals surface area contributed by atoms with Crippen LogP contribution in [0.1, 0.15) is 175 Å². The molecule has 0 radical (unpaired) electrons. The fraction of sp³-hybridized carbons (Fsp3) is 0.448. The molecule has 0 heterocycles. The smallest absolute Gasteiger partial charge is 0.306 e. The van der Waals surface area contributed by atoms with Gasteiger partial charge in [0.2, 0.25) is 0 Å². The number of allylic oxidation sites excluding steroid dienone is 34. The van der Waals surface area contributed by atoms with Gasteiger partial charge in [-0.15, -0.1) is 0 Å². The van der Waals surface area contributed by atoms with E-state index in [4.69, 9.17) is 14.2 Å². The first-order valence-electron chi connectivity index (χ1n) is 27.6. The van der Waals surface area contributed by atoms with Crippen LogP contribution in [0.2, 0.25) is 0 Å². The van der Waals surface area contributed by atoms with Crippen molar-refractivity contribution in [3.05, 3.63) is 207 Å². The van der Waals surface area contributed by atoms with Crippen LogP contribution in [0.3, 0.4) is 0 Å². The largest absolute Gasteiger partial charge is 0.462 e. The molecule has 0 saturated heterocycles. The van der Waals surface area contributed by atoms with Crippen molar-refractivity contribution in [2.24, 2.45) is 0 Å². The summed E-state index contributed by atoms with van der Waals surface area (Å²) in [6, 6.07) is 0. The van der Waals surface area contributed by atoms with Crippen molar-refractivity contribution in [2.75, 3.05) is 13.2 Å². The topological polar surface area (TPSA) is 78.9 Å². The van der Waals surface area contributed by atoms with E-state index < -0.39 is 18.0 Å². The van der Waals surface area contributed by atoms with Crippen LogP contribution in [0, 0.1) is 0 Å². The summed E-state index contributed by atoms with van der Waals surface area (Å²) in [6.07, 6.45) is 91.3. The van der Waals surface area contributed by atoms with Crippen molar-refractivity contribution < 1.29 is 28.6 Å². The van der Waals surface area contributed by atoms with E-state index in [-0.39, 0.29) is 38.4 Å². The Morgan fingerprint density at radius 3 is 0.767 bits per heavy atom. The summed E-state index contributed by atoms with van der Waals surface area (Å²) in [5, 5.41) is 0. The van der Waals surface area contributed by atoms with E-state index >= 15 is 0 Å². The van der Waals surface area contributed by atoms with E-state index in [1.165, 1.54) is 0 Å². The molecule has 0 aromatic rings. The zero-order valence-electron chi connectivity index (χ0n) is 45.5. The molecule has 0 rings (SSSR count). The Labute approximate surface area is 445 Å². The first-order chi connectivity index (χ1) is 36.0. The first-order valence-corrected chi connectivity index (χ1v) is 27.6. The second kappa shape index (κ2) is 58.6. The molecule has 0 unspecified atom stereocenters. The molecule has 0 aliphatic carbocycles. The van der Waals surface area contributed by atoms with E-state index in [0.717, 1.165) is 116 Å². The number of rotatable bonds is 46. The molecule has 400 valence electrons. The van der Waals surface area contributed by atoms with Gasteiger partial charge in [-0.2, -0.15) is 0 Å². The molecular weight excluding hydrogens is 901 g/mol. The van der Waals surface area contributed by atoms with Crippen molar-refractivity contribution in [1.29, 1.82) is 0 Å². The van der Waals surface area contributed by atoms with Crippen molar-refractivity contribution >= 4 is 17.9 Å². The monoisotopic (exact) mass is 997 g/mol. The lowest BCUT2D eigenvalue weighted by molar-refractivity contribution is -0.166. The van der Waals surface area contributed by atoms with Crippen molar-refractivity contribution in [3.63, 3.8) is 0 Å². The molecule has 6 heteroatoms. The van der Waals surface area contributed by atoms with Crippen LogP contribution in [0.5, 0.6) is 0 Å². The maximum absolute atomic E-state index is 12.8. The minimum atomic E-state index is -0.887. The number of unbranched alkanes of at least 4 members (excludes halogenated alkanes) is 1. The van der Waals surface area contributed by atoms with Crippen molar-refractivity contribution in [3.8, 4) is 0 Å². The molecule has 0 spiro atoms. The fourth-order valence-corrected chi connectivity index (χ4v) is 6.29. The summed E-state index contributed by atoms with van der Waals surface area (Å²) < 4.78 is 16.6. The lowest BCUT2D eigenvalue weighted by atomic mass is 10.2. The molecule has 0 bridgehead atoms. The summed E-state index contributed by atoms with van der Waals surface area (Å²) in [5.74, 6) is -1.22. The van der Waals surface area contributed by atoms with Crippen LogP contribution < -0.4 is 0 Å². The zero-order valence-corrected chi connectivity index (χ0v) is 45.5. The zero-order chi connectivity index (χ0) is 52.9. The summed E-state index contributed by atoms with van der Waals surface area (Å²) in [6.45, 7) is 6.08. The van der Waals surface area contributed by atoms with Gasteiger partial charge in [0.05, 0.1) is 0 Å². The third-order valence-corrected chi connectivity index (χ3v) is 10.3. The number of hydrogen-bond donors (Lipinski definition) is 0. The fourth-order valence-electron chi connectivity index (χ4n) is 6.29. The predicted molar refractivity (Wildman–Crippen MR) is 315 cm³/mol. The Kier molecular flexibility index (Phi) is 53.7. The van der Waals surface area contributed by atoms with Crippen LogP contribution in [-0.2, 0) is 28.6 Å². The second-order valence-corrected chi connectivity index (χ2v) is 17.0. The van der Waals surface area contributed by atoms with Crippen LogP contribution in [0.25, 0.3) is 0 Å². The molecule has 0 aromatic carbocycles. The van der Waals surface area contributed by atoms with Gasteiger partial charge in [0.1, 0.15) is 13.2 Å². The maximum atomic E-state index is 12.8. The Morgan fingerprint density at radius 1 is 0.274 bits per heavy atom. The number of ether oxygens (including phenoxy) is 3. The van der Waals surface area contributed by atoms with E-state index in [1.54, 1.807) is 0 Å². The Morgan fingerprint density at radius 2 is 0.493 bits per heavy atom. The summed E-state index contributed by atoms with van der Waals surface area (Å²) in [7, 11) is 0. The predicted octanol–water partition coefficient (Wildman–Crippen LogP) is 18.9. The number of carbonyl (C=O) groups is 3. The van der Waals surface area contributed by atoms with Gasteiger partial charge in [-0.05, 0) is 135 Å². The average molecular weight is 997 g/mol. The lowest BCUT2D eigenvalue weighted by Gasteiger charge is -2.18. The van der Waals surface area contributed by atoms with Gasteiger partial charge in [0, 0.05) is 19.3 Å². The van der Waals surface area contributed by atoms with Gasteiger partial charge in [-0.3, -0.25) is 14.4 Å². The third-order valence-electron chi connectivity index (χ3n) is 10.3. The van der Waals surface area contributed by atoms with E-state index in [9.17, 15) is 14.4 Å². The Hall–Kier alpha value is -6.01. The highest BCUT2D eigenvalue weighted by molar-refractivity contribution is 5.71. The SMILES string of the molecule is CC/C=C\C/C=C\C/C=C\C/C=C\C/C=C\C/C=C\CCC(=O)OC[C@H](COC(=O)CCC/C=C\C/C=C\C/C=C\C/C=C\C/C=C\CC)OC(=O)CC/C=C\C/C=C\C/C=C\C/C=C\C/C=C\C/C=C\CC. The van der Waals surface area contributed by atoms with Crippen molar-refractivity contribution in [2.45, 2.75) is 181 Å². The third kappa shape index (κ3) is 56.8. The van der Waals surface area contributed by atoms with Crippen LogP contribution in [0.4, 0.5) is 0 Å². The van der Waals surface area contributed by atoms with Crippen LogP contribution in [0.15, 0.2) is 207 Å². The Balaban J connectivity index is 4.76. The highest BCUT2D eigenvalue weighted by Gasteiger charge is 2.19.